The topological polar surface area (TPSA) is 6.48 Å². The highest BCUT2D eigenvalue weighted by Crippen LogP contribution is 2.24. The van der Waals surface area contributed by atoms with Crippen molar-refractivity contribution in [2.75, 3.05) is 26.2 Å². The maximum atomic E-state index is 3.80. The van der Waals surface area contributed by atoms with Crippen LogP contribution < -0.4 is 0 Å². The lowest BCUT2D eigenvalue weighted by molar-refractivity contribution is 0.0610. The van der Waals surface area contributed by atoms with E-state index in [1.165, 1.54) is 39.0 Å². The summed E-state index contributed by atoms with van der Waals surface area (Å²) in [4.78, 5) is 5.31. The molecular weight excluding hydrogens is 172 g/mol. The zero-order valence-corrected chi connectivity index (χ0v) is 9.28. The van der Waals surface area contributed by atoms with Gasteiger partial charge in [0.25, 0.3) is 0 Å². The van der Waals surface area contributed by atoms with Crippen LogP contribution in [0.2, 0.25) is 0 Å². The second-order valence-corrected chi connectivity index (χ2v) is 4.71. The van der Waals surface area contributed by atoms with E-state index in [0.717, 1.165) is 18.5 Å². The van der Waals surface area contributed by atoms with Gasteiger partial charge in [-0.1, -0.05) is 6.08 Å². The van der Waals surface area contributed by atoms with Crippen molar-refractivity contribution in [3.05, 3.63) is 12.7 Å². The Morgan fingerprint density at radius 1 is 1.43 bits per heavy atom. The molecule has 2 nitrogen and oxygen atoms in total. The van der Waals surface area contributed by atoms with Gasteiger partial charge in [-0.05, 0) is 32.7 Å². The van der Waals surface area contributed by atoms with Crippen LogP contribution >= 0.6 is 0 Å². The molecule has 0 saturated carbocycles. The van der Waals surface area contributed by atoms with Gasteiger partial charge in [0, 0.05) is 31.7 Å². The third-order valence-electron chi connectivity index (χ3n) is 3.69. The Bertz CT molecular complexity index is 202. The van der Waals surface area contributed by atoms with Crippen molar-refractivity contribution in [1.29, 1.82) is 0 Å². The first kappa shape index (κ1) is 10.2. The molecule has 0 aliphatic carbocycles. The van der Waals surface area contributed by atoms with E-state index < -0.39 is 0 Å². The van der Waals surface area contributed by atoms with Gasteiger partial charge in [-0.2, -0.15) is 0 Å². The molecule has 2 atom stereocenters. The van der Waals surface area contributed by atoms with Crippen LogP contribution in [0.3, 0.4) is 0 Å². The van der Waals surface area contributed by atoms with Gasteiger partial charge >= 0.3 is 0 Å². The largest absolute Gasteiger partial charge is 0.298 e. The summed E-state index contributed by atoms with van der Waals surface area (Å²) in [5, 5.41) is 0. The molecule has 2 aliphatic heterocycles. The molecule has 2 heterocycles. The van der Waals surface area contributed by atoms with E-state index in [-0.39, 0.29) is 0 Å². The maximum absolute atomic E-state index is 3.80. The molecule has 2 heteroatoms. The second kappa shape index (κ2) is 4.45. The van der Waals surface area contributed by atoms with Gasteiger partial charge in [0.2, 0.25) is 0 Å². The minimum absolute atomic E-state index is 0.740. The normalized spacial score (nSPS) is 34.4. The Morgan fingerprint density at radius 3 is 3.07 bits per heavy atom. The predicted molar refractivity (Wildman–Crippen MR) is 60.4 cm³/mol. The van der Waals surface area contributed by atoms with Gasteiger partial charge < -0.3 is 0 Å². The van der Waals surface area contributed by atoms with E-state index in [2.05, 4.69) is 23.3 Å². The van der Waals surface area contributed by atoms with Crippen LogP contribution in [0.25, 0.3) is 0 Å². The summed E-state index contributed by atoms with van der Waals surface area (Å²) >= 11 is 0. The van der Waals surface area contributed by atoms with Crippen LogP contribution in [0.1, 0.15) is 26.2 Å². The fraction of sp³-hybridized carbons (Fsp3) is 0.833. The first-order valence-corrected chi connectivity index (χ1v) is 5.90. The summed E-state index contributed by atoms with van der Waals surface area (Å²) in [5.41, 5.74) is 0. The van der Waals surface area contributed by atoms with E-state index in [1.807, 2.05) is 6.08 Å². The quantitative estimate of drug-likeness (QED) is 0.631. The Morgan fingerprint density at radius 2 is 2.29 bits per heavy atom. The third-order valence-corrected chi connectivity index (χ3v) is 3.69. The van der Waals surface area contributed by atoms with E-state index in [0.29, 0.717) is 0 Å². The van der Waals surface area contributed by atoms with Gasteiger partial charge in [0.15, 0.2) is 0 Å². The van der Waals surface area contributed by atoms with E-state index >= 15 is 0 Å². The number of piperazine rings is 1. The van der Waals surface area contributed by atoms with Gasteiger partial charge in [0.05, 0.1) is 0 Å². The summed E-state index contributed by atoms with van der Waals surface area (Å²) in [7, 11) is 0. The summed E-state index contributed by atoms with van der Waals surface area (Å²) in [5.74, 6) is 0. The lowest BCUT2D eigenvalue weighted by Gasteiger charge is -2.42. The number of nitrogens with zero attached hydrogens (tertiary/aromatic N) is 2. The summed E-state index contributed by atoms with van der Waals surface area (Å²) in [6, 6.07) is 1.60. The molecule has 0 amide bonds. The number of hydrogen-bond acceptors (Lipinski definition) is 2. The van der Waals surface area contributed by atoms with Gasteiger partial charge in [-0.25, -0.2) is 0 Å². The minimum atomic E-state index is 0.740. The lowest BCUT2D eigenvalue weighted by Crippen LogP contribution is -2.54. The first-order chi connectivity index (χ1) is 6.81. The molecule has 0 aromatic carbocycles. The Hall–Kier alpha value is -0.340. The van der Waals surface area contributed by atoms with Crippen LogP contribution in [0.15, 0.2) is 12.7 Å². The number of rotatable bonds is 3. The molecule has 2 rings (SSSR count). The molecule has 14 heavy (non-hydrogen) atoms. The third kappa shape index (κ3) is 2.01. The Balaban J connectivity index is 1.89. The van der Waals surface area contributed by atoms with Crippen molar-refractivity contribution >= 4 is 0 Å². The first-order valence-electron chi connectivity index (χ1n) is 5.90. The molecule has 80 valence electrons. The number of fused-ring (bicyclic) bond motifs is 1. The van der Waals surface area contributed by atoms with Crippen LogP contribution in [0.4, 0.5) is 0 Å². The molecular formula is C12H22N2. The van der Waals surface area contributed by atoms with Crippen LogP contribution in [-0.4, -0.2) is 48.1 Å². The SMILES string of the molecule is C=CCCN1CC2CCCN2CC1C. The smallest absolute Gasteiger partial charge is 0.0224 e. The Labute approximate surface area is 87.6 Å². The molecule has 2 saturated heterocycles. The standard InChI is InChI=1S/C12H22N2/c1-3-4-7-13-10-12-6-5-8-14(12)9-11(13)2/h3,11-12H,1,4-10H2,2H3. The molecule has 0 aromatic heterocycles. The van der Waals surface area contributed by atoms with Gasteiger partial charge in [0.1, 0.15) is 0 Å². The van der Waals surface area contributed by atoms with Crippen molar-refractivity contribution < 1.29 is 0 Å². The Kier molecular flexibility index (Phi) is 3.24. The molecule has 0 bridgehead atoms. The van der Waals surface area contributed by atoms with Crippen molar-refractivity contribution in [2.45, 2.75) is 38.3 Å². The average molecular weight is 194 g/mol. The van der Waals surface area contributed by atoms with Crippen molar-refractivity contribution in [1.82, 2.24) is 9.80 Å². The fourth-order valence-electron chi connectivity index (χ4n) is 2.82. The van der Waals surface area contributed by atoms with E-state index in [1.54, 1.807) is 0 Å². The van der Waals surface area contributed by atoms with Crippen molar-refractivity contribution in [3.8, 4) is 0 Å². The zero-order valence-electron chi connectivity index (χ0n) is 9.28. The van der Waals surface area contributed by atoms with Gasteiger partial charge in [-0.3, -0.25) is 9.80 Å². The maximum Gasteiger partial charge on any atom is 0.0224 e. The highest BCUT2D eigenvalue weighted by atomic mass is 15.3. The van der Waals surface area contributed by atoms with Crippen LogP contribution in [-0.2, 0) is 0 Å². The fourth-order valence-corrected chi connectivity index (χ4v) is 2.82. The van der Waals surface area contributed by atoms with E-state index in [9.17, 15) is 0 Å². The van der Waals surface area contributed by atoms with Gasteiger partial charge in [-0.15, -0.1) is 6.58 Å². The molecule has 0 N–H and O–H groups in total. The highest BCUT2D eigenvalue weighted by molar-refractivity contribution is 4.91. The second-order valence-electron chi connectivity index (χ2n) is 4.71. The average Bonchev–Trinajstić information content (AvgIpc) is 2.61. The van der Waals surface area contributed by atoms with E-state index in [4.69, 9.17) is 0 Å². The molecule has 0 radical (unpaired) electrons. The molecule has 0 aromatic rings. The lowest BCUT2D eigenvalue weighted by atomic mass is 10.1. The summed E-state index contributed by atoms with van der Waals surface area (Å²) in [6.07, 6.45) is 5.99. The molecule has 2 fully saturated rings. The van der Waals surface area contributed by atoms with Crippen LogP contribution in [0.5, 0.6) is 0 Å². The summed E-state index contributed by atoms with van der Waals surface area (Å²) < 4.78 is 0. The monoisotopic (exact) mass is 194 g/mol. The predicted octanol–water partition coefficient (Wildman–Crippen LogP) is 1.73. The number of hydrogen-bond donors (Lipinski definition) is 0. The van der Waals surface area contributed by atoms with Crippen molar-refractivity contribution in [3.63, 3.8) is 0 Å². The van der Waals surface area contributed by atoms with Crippen LogP contribution in [0, 0.1) is 0 Å². The molecule has 0 spiro atoms. The minimum Gasteiger partial charge on any atom is -0.298 e. The summed E-state index contributed by atoms with van der Waals surface area (Å²) in [6.45, 7) is 11.3. The van der Waals surface area contributed by atoms with Crippen molar-refractivity contribution in [2.24, 2.45) is 0 Å². The zero-order chi connectivity index (χ0) is 9.97. The highest BCUT2D eigenvalue weighted by Gasteiger charge is 2.33. The molecule has 2 aliphatic rings. The molecule has 2 unspecified atom stereocenters.